The van der Waals surface area contributed by atoms with Gasteiger partial charge in [0, 0.05) is 17.7 Å². The summed E-state index contributed by atoms with van der Waals surface area (Å²) in [4.78, 5) is 0. The molecule has 0 saturated heterocycles. The van der Waals surface area contributed by atoms with Gasteiger partial charge in [-0.25, -0.2) is 4.68 Å². The van der Waals surface area contributed by atoms with Gasteiger partial charge in [0.15, 0.2) is 5.82 Å². The summed E-state index contributed by atoms with van der Waals surface area (Å²) in [7, 11) is 0. The quantitative estimate of drug-likeness (QED) is 0.741. The van der Waals surface area contributed by atoms with Crippen LogP contribution in [0, 0.1) is 0 Å². The summed E-state index contributed by atoms with van der Waals surface area (Å²) < 4.78 is 2.02. The largest absolute Gasteiger partial charge is 0.319 e. The van der Waals surface area contributed by atoms with Crippen LogP contribution < -0.4 is 5.43 Å². The number of thioether (sulfide) groups is 1. The average molecular weight is 198 g/mol. The highest BCUT2D eigenvalue weighted by atomic mass is 32.2. The number of nitrogens with zero attached hydrogens (tertiary/aromatic N) is 3. The van der Waals surface area contributed by atoms with Crippen molar-refractivity contribution in [3.8, 4) is 0 Å². The van der Waals surface area contributed by atoms with E-state index in [0.717, 1.165) is 16.7 Å². The first-order valence-corrected chi connectivity index (χ1v) is 5.51. The number of aromatic nitrogens is 3. The molecule has 13 heavy (non-hydrogen) atoms. The lowest BCUT2D eigenvalue weighted by Crippen LogP contribution is -2.33. The van der Waals surface area contributed by atoms with Gasteiger partial charge in [-0.3, -0.25) is 0 Å². The summed E-state index contributed by atoms with van der Waals surface area (Å²) in [6.45, 7) is 6.42. The second-order valence-electron chi connectivity index (χ2n) is 3.67. The second-order valence-corrected chi connectivity index (χ2v) is 4.66. The molecule has 0 fully saturated rings. The van der Waals surface area contributed by atoms with Crippen molar-refractivity contribution in [3.63, 3.8) is 0 Å². The van der Waals surface area contributed by atoms with E-state index in [2.05, 4.69) is 36.4 Å². The second kappa shape index (κ2) is 3.21. The minimum absolute atomic E-state index is 0.416. The van der Waals surface area contributed by atoms with Crippen molar-refractivity contribution in [1.82, 2.24) is 14.9 Å². The zero-order chi connectivity index (χ0) is 9.42. The molecule has 1 unspecified atom stereocenters. The molecule has 5 heteroatoms. The molecule has 0 saturated carbocycles. The van der Waals surface area contributed by atoms with E-state index >= 15 is 0 Å². The van der Waals surface area contributed by atoms with Gasteiger partial charge in [-0.05, 0) is 6.92 Å². The topological polar surface area (TPSA) is 42.7 Å². The fraction of sp³-hybridized carbons (Fsp3) is 0.750. The van der Waals surface area contributed by atoms with Crippen molar-refractivity contribution in [2.75, 3.05) is 11.2 Å². The average Bonchev–Trinajstić information content (AvgIpc) is 2.46. The van der Waals surface area contributed by atoms with Gasteiger partial charge in [-0.15, -0.1) is 10.2 Å². The van der Waals surface area contributed by atoms with E-state index in [0.29, 0.717) is 12.0 Å². The molecule has 1 N–H and O–H groups in total. The Balaban J connectivity index is 2.35. The van der Waals surface area contributed by atoms with Gasteiger partial charge in [0.2, 0.25) is 5.16 Å². The highest BCUT2D eigenvalue weighted by Crippen LogP contribution is 2.24. The number of nitrogens with one attached hydrogen (secondary N) is 1. The number of fused-ring (bicyclic) bond motifs is 1. The first-order valence-electron chi connectivity index (χ1n) is 4.53. The van der Waals surface area contributed by atoms with Crippen LogP contribution in [0.3, 0.4) is 0 Å². The Hall–Kier alpha value is -0.710. The maximum atomic E-state index is 4.16. The van der Waals surface area contributed by atoms with Crippen molar-refractivity contribution < 1.29 is 0 Å². The Morgan fingerprint density at radius 2 is 2.31 bits per heavy atom. The van der Waals surface area contributed by atoms with Crippen molar-refractivity contribution >= 4 is 11.8 Å². The summed E-state index contributed by atoms with van der Waals surface area (Å²) in [5.41, 5.74) is 3.36. The van der Waals surface area contributed by atoms with E-state index in [4.69, 9.17) is 0 Å². The van der Waals surface area contributed by atoms with E-state index in [-0.39, 0.29) is 0 Å². The predicted molar refractivity (Wildman–Crippen MR) is 53.7 cm³/mol. The molecule has 1 atom stereocenters. The lowest BCUT2D eigenvalue weighted by atomic mass is 10.2. The number of hydrogen-bond donors (Lipinski definition) is 1. The van der Waals surface area contributed by atoms with Crippen LogP contribution >= 0.6 is 11.8 Å². The molecule has 1 aromatic rings. The van der Waals surface area contributed by atoms with Crippen molar-refractivity contribution in [2.24, 2.45) is 0 Å². The Morgan fingerprint density at radius 1 is 1.54 bits per heavy atom. The molecule has 72 valence electrons. The van der Waals surface area contributed by atoms with Gasteiger partial charge in [0.25, 0.3) is 0 Å². The molecule has 0 aromatic carbocycles. The number of rotatable bonds is 1. The summed E-state index contributed by atoms with van der Waals surface area (Å²) in [6.07, 6.45) is 0. The maximum Gasteiger partial charge on any atom is 0.210 e. The third kappa shape index (κ3) is 1.52. The Morgan fingerprint density at radius 3 is 3.00 bits per heavy atom. The molecule has 1 aliphatic heterocycles. The Labute approximate surface area is 82.1 Å². The third-order valence-corrected chi connectivity index (χ3v) is 3.18. The SMILES string of the molecule is CC1CSc2nnc(C(C)C)n2N1. The lowest BCUT2D eigenvalue weighted by molar-refractivity contribution is 0.618. The molecule has 2 rings (SSSR count). The minimum atomic E-state index is 0.416. The minimum Gasteiger partial charge on any atom is -0.319 e. The smallest absolute Gasteiger partial charge is 0.210 e. The molecule has 0 spiro atoms. The molecular weight excluding hydrogens is 184 g/mol. The van der Waals surface area contributed by atoms with Crippen molar-refractivity contribution in [1.29, 1.82) is 0 Å². The molecule has 4 nitrogen and oxygen atoms in total. The fourth-order valence-corrected chi connectivity index (χ4v) is 2.17. The van der Waals surface area contributed by atoms with E-state index < -0.39 is 0 Å². The molecule has 2 heterocycles. The maximum absolute atomic E-state index is 4.16. The predicted octanol–water partition coefficient (Wildman–Crippen LogP) is 1.44. The van der Waals surface area contributed by atoms with Crippen molar-refractivity contribution in [3.05, 3.63) is 5.82 Å². The van der Waals surface area contributed by atoms with Gasteiger partial charge in [-0.1, -0.05) is 25.6 Å². The summed E-state index contributed by atoms with van der Waals surface area (Å²) in [6, 6.07) is 0.492. The van der Waals surface area contributed by atoms with Crippen LogP contribution in [0.25, 0.3) is 0 Å². The molecule has 1 aromatic heterocycles. The van der Waals surface area contributed by atoms with Gasteiger partial charge in [0.05, 0.1) is 0 Å². The highest BCUT2D eigenvalue weighted by Gasteiger charge is 2.21. The molecule has 0 aliphatic carbocycles. The zero-order valence-electron chi connectivity index (χ0n) is 8.11. The zero-order valence-corrected chi connectivity index (χ0v) is 8.93. The first kappa shape index (κ1) is 8.87. The monoisotopic (exact) mass is 198 g/mol. The highest BCUT2D eigenvalue weighted by molar-refractivity contribution is 7.99. The van der Waals surface area contributed by atoms with Crippen LogP contribution in [0.15, 0.2) is 5.16 Å². The molecular formula is C8H14N4S. The van der Waals surface area contributed by atoms with Crippen LogP contribution in [-0.2, 0) is 0 Å². The van der Waals surface area contributed by atoms with E-state index in [9.17, 15) is 0 Å². The molecule has 0 radical (unpaired) electrons. The van der Waals surface area contributed by atoms with Gasteiger partial charge in [-0.2, -0.15) is 0 Å². The number of hydrogen-bond acceptors (Lipinski definition) is 4. The Bertz CT molecular complexity index is 307. The van der Waals surface area contributed by atoms with Gasteiger partial charge < -0.3 is 5.43 Å². The summed E-state index contributed by atoms with van der Waals surface area (Å²) >= 11 is 1.76. The van der Waals surface area contributed by atoms with Gasteiger partial charge >= 0.3 is 0 Å². The summed E-state index contributed by atoms with van der Waals surface area (Å²) in [5.74, 6) is 2.50. The van der Waals surface area contributed by atoms with E-state index in [1.807, 2.05) is 4.68 Å². The molecule has 0 bridgehead atoms. The standard InChI is InChI=1S/C8H14N4S/c1-5(2)7-9-10-8-12(7)11-6(3)4-13-8/h5-6,11H,4H2,1-3H3. The lowest BCUT2D eigenvalue weighted by Gasteiger charge is -2.23. The van der Waals surface area contributed by atoms with Crippen LogP contribution in [-0.4, -0.2) is 26.7 Å². The van der Waals surface area contributed by atoms with Crippen LogP contribution in [0.5, 0.6) is 0 Å². The molecule has 0 amide bonds. The van der Waals surface area contributed by atoms with E-state index in [1.54, 1.807) is 11.8 Å². The van der Waals surface area contributed by atoms with E-state index in [1.165, 1.54) is 0 Å². The molecule has 1 aliphatic rings. The van der Waals surface area contributed by atoms with Gasteiger partial charge in [0.1, 0.15) is 0 Å². The third-order valence-electron chi connectivity index (χ3n) is 1.99. The van der Waals surface area contributed by atoms with Crippen LogP contribution in [0.2, 0.25) is 0 Å². The fourth-order valence-electron chi connectivity index (χ4n) is 1.33. The van der Waals surface area contributed by atoms with Crippen LogP contribution in [0.4, 0.5) is 0 Å². The normalized spacial score (nSPS) is 21.4. The summed E-state index contributed by atoms with van der Waals surface area (Å²) in [5, 5.41) is 9.28. The first-order chi connectivity index (χ1) is 6.18. The van der Waals surface area contributed by atoms with Crippen molar-refractivity contribution in [2.45, 2.75) is 37.9 Å². The van der Waals surface area contributed by atoms with Crippen LogP contribution in [0.1, 0.15) is 32.5 Å². The Kier molecular flexibility index (Phi) is 2.19.